The summed E-state index contributed by atoms with van der Waals surface area (Å²) in [4.78, 5) is 11.1. The molecule has 0 aliphatic carbocycles. The van der Waals surface area contributed by atoms with Gasteiger partial charge in [-0.25, -0.2) is 18.7 Å². The fourth-order valence-electron chi connectivity index (χ4n) is 2.90. The van der Waals surface area contributed by atoms with Gasteiger partial charge in [-0.15, -0.1) is 0 Å². The Morgan fingerprint density at radius 2 is 1.58 bits per heavy atom. The molecule has 0 atom stereocenters. The number of hydrogen-bond donors (Lipinski definition) is 0. The van der Waals surface area contributed by atoms with Crippen LogP contribution in [0.1, 0.15) is 0 Å². The Labute approximate surface area is 142 Å². The van der Waals surface area contributed by atoms with E-state index in [0.717, 1.165) is 35.8 Å². The van der Waals surface area contributed by atoms with Gasteiger partial charge in [0.25, 0.3) is 0 Å². The number of nitrogens with zero attached hydrogens (tertiary/aromatic N) is 3. The molecule has 1 saturated heterocycles. The van der Waals surface area contributed by atoms with Crippen LogP contribution in [0.2, 0.25) is 0 Å². The molecular formula is C18H15F2N3S. The van der Waals surface area contributed by atoms with Gasteiger partial charge in [0.2, 0.25) is 0 Å². The summed E-state index contributed by atoms with van der Waals surface area (Å²) in [7, 11) is 0. The quantitative estimate of drug-likeness (QED) is 0.700. The fourth-order valence-corrected chi connectivity index (χ4v) is 3.80. The molecule has 0 spiro atoms. The number of thioether (sulfide) groups is 1. The second-order valence-corrected chi connectivity index (χ2v) is 6.81. The minimum absolute atomic E-state index is 0.0949. The Bertz CT molecular complexity index is 874. The van der Waals surface area contributed by atoms with Gasteiger partial charge >= 0.3 is 0 Å². The van der Waals surface area contributed by atoms with E-state index in [1.807, 2.05) is 36.0 Å². The van der Waals surface area contributed by atoms with Gasteiger partial charge in [-0.1, -0.05) is 18.2 Å². The van der Waals surface area contributed by atoms with Gasteiger partial charge < -0.3 is 4.90 Å². The van der Waals surface area contributed by atoms with Crippen LogP contribution in [0, 0.1) is 11.6 Å². The number of fused-ring (bicyclic) bond motifs is 1. The smallest absolute Gasteiger partial charge is 0.168 e. The Hall–Kier alpha value is -2.21. The van der Waals surface area contributed by atoms with Crippen molar-refractivity contribution in [1.82, 2.24) is 9.97 Å². The zero-order chi connectivity index (χ0) is 16.5. The molecule has 2 heterocycles. The first-order valence-corrected chi connectivity index (χ1v) is 8.93. The molecule has 0 saturated carbocycles. The zero-order valence-corrected chi connectivity index (χ0v) is 13.7. The number of para-hydroxylation sites is 1. The molecule has 0 unspecified atom stereocenters. The number of rotatable bonds is 2. The van der Waals surface area contributed by atoms with E-state index < -0.39 is 11.6 Å². The van der Waals surface area contributed by atoms with Gasteiger partial charge in [0.05, 0.1) is 11.1 Å². The molecule has 1 fully saturated rings. The molecule has 122 valence electrons. The molecule has 1 aliphatic rings. The number of benzene rings is 2. The summed E-state index contributed by atoms with van der Waals surface area (Å²) < 4.78 is 28.3. The van der Waals surface area contributed by atoms with Crippen LogP contribution >= 0.6 is 11.8 Å². The zero-order valence-electron chi connectivity index (χ0n) is 12.9. The van der Waals surface area contributed by atoms with E-state index >= 15 is 0 Å². The maximum Gasteiger partial charge on any atom is 0.168 e. The summed E-state index contributed by atoms with van der Waals surface area (Å²) in [6.07, 6.45) is 0. The molecule has 24 heavy (non-hydrogen) atoms. The molecule has 3 nitrogen and oxygen atoms in total. The predicted octanol–water partition coefficient (Wildman–Crippen LogP) is 4.13. The summed E-state index contributed by atoms with van der Waals surface area (Å²) in [6.45, 7) is 1.73. The van der Waals surface area contributed by atoms with Crippen molar-refractivity contribution in [3.05, 3.63) is 54.1 Å². The van der Waals surface area contributed by atoms with Gasteiger partial charge in [0.15, 0.2) is 5.82 Å². The second-order valence-electron chi connectivity index (χ2n) is 5.58. The van der Waals surface area contributed by atoms with Crippen molar-refractivity contribution in [2.75, 3.05) is 29.5 Å². The Morgan fingerprint density at radius 1 is 0.875 bits per heavy atom. The van der Waals surface area contributed by atoms with Crippen molar-refractivity contribution >= 4 is 28.5 Å². The lowest BCUT2D eigenvalue weighted by Crippen LogP contribution is -2.33. The van der Waals surface area contributed by atoms with Crippen molar-refractivity contribution in [2.24, 2.45) is 0 Å². The summed E-state index contributed by atoms with van der Waals surface area (Å²) >= 11 is 1.90. The lowest BCUT2D eigenvalue weighted by molar-refractivity contribution is 0.587. The Morgan fingerprint density at radius 3 is 2.33 bits per heavy atom. The highest BCUT2D eigenvalue weighted by Gasteiger charge is 2.20. The highest BCUT2D eigenvalue weighted by molar-refractivity contribution is 7.99. The predicted molar refractivity (Wildman–Crippen MR) is 94.4 cm³/mol. The number of hydrogen-bond acceptors (Lipinski definition) is 4. The van der Waals surface area contributed by atoms with Crippen molar-refractivity contribution in [2.45, 2.75) is 0 Å². The largest absolute Gasteiger partial charge is 0.354 e. The topological polar surface area (TPSA) is 29.0 Å². The third-order valence-corrected chi connectivity index (χ3v) is 5.02. The molecule has 0 N–H and O–H groups in total. The lowest BCUT2D eigenvalue weighted by atomic mass is 10.1. The van der Waals surface area contributed by atoms with Crippen molar-refractivity contribution in [1.29, 1.82) is 0 Å². The van der Waals surface area contributed by atoms with E-state index in [1.165, 1.54) is 18.2 Å². The normalized spacial score (nSPS) is 15.0. The average molecular weight is 343 g/mol. The summed E-state index contributed by atoms with van der Waals surface area (Å²) in [5, 5.41) is 0.907. The maximum absolute atomic E-state index is 14.2. The van der Waals surface area contributed by atoms with Gasteiger partial charge in [0, 0.05) is 30.0 Å². The van der Waals surface area contributed by atoms with Crippen molar-refractivity contribution in [3.63, 3.8) is 0 Å². The van der Waals surface area contributed by atoms with Crippen molar-refractivity contribution in [3.8, 4) is 11.4 Å². The number of anilines is 1. The first-order valence-electron chi connectivity index (χ1n) is 7.78. The van der Waals surface area contributed by atoms with Gasteiger partial charge in [-0.3, -0.25) is 0 Å². The van der Waals surface area contributed by atoms with Crippen LogP contribution in [0.25, 0.3) is 22.3 Å². The van der Waals surface area contributed by atoms with Gasteiger partial charge in [-0.2, -0.15) is 11.8 Å². The molecular weight excluding hydrogens is 328 g/mol. The summed E-state index contributed by atoms with van der Waals surface area (Å²) in [5.41, 5.74) is 0.522. The molecule has 6 heteroatoms. The third kappa shape index (κ3) is 2.71. The molecule has 4 rings (SSSR count). The first kappa shape index (κ1) is 15.3. The van der Waals surface area contributed by atoms with E-state index in [4.69, 9.17) is 0 Å². The van der Waals surface area contributed by atoms with Crippen LogP contribution in [0.15, 0.2) is 42.5 Å². The standard InChI is InChI=1S/C18H15F2N3S/c19-13-5-3-6-14(20)16(13)17-21-15-7-2-1-4-12(15)18(22-17)23-8-10-24-11-9-23/h1-7H,8-11H2. The van der Waals surface area contributed by atoms with Gasteiger partial charge in [-0.05, 0) is 24.3 Å². The van der Waals surface area contributed by atoms with Crippen LogP contribution in [0.4, 0.5) is 14.6 Å². The highest BCUT2D eigenvalue weighted by Crippen LogP contribution is 2.31. The molecule has 1 aromatic heterocycles. The number of aromatic nitrogens is 2. The van der Waals surface area contributed by atoms with Crippen LogP contribution < -0.4 is 4.90 Å². The average Bonchev–Trinajstić information content (AvgIpc) is 2.62. The minimum atomic E-state index is -0.648. The van der Waals surface area contributed by atoms with Gasteiger partial charge in [0.1, 0.15) is 17.5 Å². The Kier molecular flexibility index (Phi) is 4.06. The lowest BCUT2D eigenvalue weighted by Gasteiger charge is -2.28. The van der Waals surface area contributed by atoms with E-state index in [0.29, 0.717) is 5.52 Å². The van der Waals surface area contributed by atoms with E-state index in [2.05, 4.69) is 14.9 Å². The summed E-state index contributed by atoms with van der Waals surface area (Å²) in [5.74, 6) is 1.58. The molecule has 0 bridgehead atoms. The fraction of sp³-hybridized carbons (Fsp3) is 0.222. The van der Waals surface area contributed by atoms with Crippen LogP contribution in [-0.2, 0) is 0 Å². The molecule has 3 aromatic rings. The second kappa shape index (κ2) is 6.36. The molecule has 2 aromatic carbocycles. The summed E-state index contributed by atoms with van der Waals surface area (Å²) in [6, 6.07) is 11.4. The van der Waals surface area contributed by atoms with Crippen LogP contribution in [0.5, 0.6) is 0 Å². The molecule has 0 radical (unpaired) electrons. The van der Waals surface area contributed by atoms with E-state index in [1.54, 1.807) is 0 Å². The highest BCUT2D eigenvalue weighted by atomic mass is 32.2. The Balaban J connectivity index is 1.94. The minimum Gasteiger partial charge on any atom is -0.354 e. The molecule has 0 amide bonds. The van der Waals surface area contributed by atoms with Crippen LogP contribution in [-0.4, -0.2) is 34.6 Å². The number of halogens is 2. The van der Waals surface area contributed by atoms with E-state index in [9.17, 15) is 8.78 Å². The SMILES string of the molecule is Fc1cccc(F)c1-c1nc(N2CCSCC2)c2ccccc2n1. The van der Waals surface area contributed by atoms with Crippen LogP contribution in [0.3, 0.4) is 0 Å². The monoisotopic (exact) mass is 343 g/mol. The third-order valence-electron chi connectivity index (χ3n) is 4.08. The maximum atomic E-state index is 14.2. The molecule has 1 aliphatic heterocycles. The first-order chi connectivity index (χ1) is 11.7. The van der Waals surface area contributed by atoms with E-state index in [-0.39, 0.29) is 11.4 Å². The van der Waals surface area contributed by atoms with Crippen molar-refractivity contribution < 1.29 is 8.78 Å².